The molecule has 0 unspecified atom stereocenters. The summed E-state index contributed by atoms with van der Waals surface area (Å²) in [6.07, 6.45) is 5.37. The van der Waals surface area contributed by atoms with Crippen LogP contribution in [0.1, 0.15) is 53.4 Å². The third-order valence-corrected chi connectivity index (χ3v) is 1.30. The van der Waals surface area contributed by atoms with E-state index in [1.165, 1.54) is 19.1 Å². The Kier molecular flexibility index (Phi) is 30.6. The standard InChI is InChI=1S/C5H11N.C4H9NO.C2H6/c1-2-3-4-5-6;1-3-4(6)5-2;1-2/h5-6H,2-4H2,1H3;3H2,1-2H3,(H,5,6);1-2H3. The van der Waals surface area contributed by atoms with Crippen LogP contribution in [0.25, 0.3) is 0 Å². The Morgan fingerprint density at radius 2 is 1.86 bits per heavy atom. The molecule has 0 aliphatic heterocycles. The van der Waals surface area contributed by atoms with E-state index in [2.05, 4.69) is 12.2 Å². The Balaban J connectivity index is -0.000000147. The summed E-state index contributed by atoms with van der Waals surface area (Å²) in [6.45, 7) is 7.95. The summed E-state index contributed by atoms with van der Waals surface area (Å²) < 4.78 is 0. The summed E-state index contributed by atoms with van der Waals surface area (Å²) in [4.78, 5) is 10.1. The molecule has 0 saturated heterocycles. The summed E-state index contributed by atoms with van der Waals surface area (Å²) in [7, 11) is 1.63. The minimum Gasteiger partial charge on any atom is -0.359 e. The first-order valence-corrected chi connectivity index (χ1v) is 5.42. The Morgan fingerprint density at radius 1 is 1.36 bits per heavy atom. The van der Waals surface area contributed by atoms with Crippen molar-refractivity contribution in [2.45, 2.75) is 53.4 Å². The maximum Gasteiger partial charge on any atom is 0.219 e. The molecule has 14 heavy (non-hydrogen) atoms. The maximum atomic E-state index is 10.1. The van der Waals surface area contributed by atoms with E-state index in [0.29, 0.717) is 6.42 Å². The molecule has 86 valence electrons. The molecule has 0 heterocycles. The van der Waals surface area contributed by atoms with Crippen molar-refractivity contribution >= 4 is 12.1 Å². The van der Waals surface area contributed by atoms with Crippen molar-refractivity contribution in [3.05, 3.63) is 0 Å². The molecule has 3 heteroatoms. The molecule has 0 aromatic heterocycles. The van der Waals surface area contributed by atoms with Gasteiger partial charge in [-0.05, 0) is 19.1 Å². The normalized spacial score (nSPS) is 7.21. The zero-order chi connectivity index (χ0) is 11.8. The monoisotopic (exact) mass is 202 g/mol. The van der Waals surface area contributed by atoms with E-state index < -0.39 is 0 Å². The molecule has 0 bridgehead atoms. The Labute approximate surface area is 88.8 Å². The summed E-state index contributed by atoms with van der Waals surface area (Å²) in [5.41, 5.74) is 0. The lowest BCUT2D eigenvalue weighted by Crippen LogP contribution is -2.15. The molecule has 0 aliphatic rings. The fourth-order valence-corrected chi connectivity index (χ4v) is 0.483. The van der Waals surface area contributed by atoms with E-state index in [4.69, 9.17) is 5.41 Å². The molecule has 1 amide bonds. The quantitative estimate of drug-likeness (QED) is 0.534. The van der Waals surface area contributed by atoms with E-state index in [-0.39, 0.29) is 5.91 Å². The van der Waals surface area contributed by atoms with Crippen LogP contribution >= 0.6 is 0 Å². The maximum absolute atomic E-state index is 10.1. The van der Waals surface area contributed by atoms with Gasteiger partial charge in [0.15, 0.2) is 0 Å². The van der Waals surface area contributed by atoms with Crippen LogP contribution in [0.4, 0.5) is 0 Å². The van der Waals surface area contributed by atoms with E-state index in [1.54, 1.807) is 7.05 Å². The van der Waals surface area contributed by atoms with Gasteiger partial charge in [0.25, 0.3) is 0 Å². The van der Waals surface area contributed by atoms with Gasteiger partial charge in [-0.2, -0.15) is 0 Å². The van der Waals surface area contributed by atoms with Crippen LogP contribution in [0.15, 0.2) is 0 Å². The first-order valence-electron chi connectivity index (χ1n) is 5.42. The number of amides is 1. The highest BCUT2D eigenvalue weighted by Crippen LogP contribution is 1.87. The zero-order valence-corrected chi connectivity index (χ0v) is 10.3. The fourth-order valence-electron chi connectivity index (χ4n) is 0.483. The lowest BCUT2D eigenvalue weighted by molar-refractivity contribution is -0.120. The second-order valence-electron chi connectivity index (χ2n) is 2.37. The molecule has 0 saturated carbocycles. The van der Waals surface area contributed by atoms with E-state index in [0.717, 1.165) is 6.42 Å². The van der Waals surface area contributed by atoms with Crippen molar-refractivity contribution in [3.63, 3.8) is 0 Å². The van der Waals surface area contributed by atoms with Gasteiger partial charge < -0.3 is 10.7 Å². The Morgan fingerprint density at radius 3 is 1.93 bits per heavy atom. The lowest BCUT2D eigenvalue weighted by atomic mass is 10.3. The summed E-state index contributed by atoms with van der Waals surface area (Å²) in [5.74, 6) is 0.0926. The first-order chi connectivity index (χ1) is 6.72. The molecule has 2 N–H and O–H groups in total. The fraction of sp³-hybridized carbons (Fsp3) is 0.818. The number of carbonyl (C=O) groups excluding carboxylic acids is 1. The van der Waals surface area contributed by atoms with Crippen LogP contribution in [0.5, 0.6) is 0 Å². The molecule has 0 rings (SSSR count). The van der Waals surface area contributed by atoms with Gasteiger partial charge in [0.1, 0.15) is 0 Å². The van der Waals surface area contributed by atoms with Crippen molar-refractivity contribution in [1.82, 2.24) is 5.32 Å². The van der Waals surface area contributed by atoms with Crippen LogP contribution in [0.3, 0.4) is 0 Å². The summed E-state index contributed by atoms with van der Waals surface area (Å²) in [6, 6.07) is 0. The molecule has 0 aromatic rings. The third-order valence-electron chi connectivity index (χ3n) is 1.30. The van der Waals surface area contributed by atoms with E-state index in [1.807, 2.05) is 20.8 Å². The van der Waals surface area contributed by atoms with Gasteiger partial charge >= 0.3 is 0 Å². The second kappa shape index (κ2) is 22.7. The number of hydrogen-bond donors (Lipinski definition) is 2. The number of nitrogens with one attached hydrogen (secondary N) is 2. The SMILES string of the molecule is CC.CCC(=O)NC.CCCCC=N. The highest BCUT2D eigenvalue weighted by molar-refractivity contribution is 5.74. The van der Waals surface area contributed by atoms with Crippen LogP contribution in [-0.2, 0) is 4.79 Å². The summed E-state index contributed by atoms with van der Waals surface area (Å²) in [5, 5.41) is 9.06. The zero-order valence-electron chi connectivity index (χ0n) is 10.3. The molecule has 0 fully saturated rings. The molecule has 0 radical (unpaired) electrons. The molecule has 3 nitrogen and oxygen atoms in total. The molecule has 0 spiro atoms. The van der Waals surface area contributed by atoms with Gasteiger partial charge in [-0.15, -0.1) is 0 Å². The Bertz CT molecular complexity index is 108. The smallest absolute Gasteiger partial charge is 0.219 e. The van der Waals surface area contributed by atoms with Crippen molar-refractivity contribution in [2.75, 3.05) is 7.05 Å². The van der Waals surface area contributed by atoms with Crippen LogP contribution in [0, 0.1) is 5.41 Å². The predicted octanol–water partition coefficient (Wildman–Crippen LogP) is 2.99. The third kappa shape index (κ3) is 30.4. The van der Waals surface area contributed by atoms with Crippen LogP contribution in [0.2, 0.25) is 0 Å². The van der Waals surface area contributed by atoms with Gasteiger partial charge in [0.2, 0.25) is 5.91 Å². The van der Waals surface area contributed by atoms with Crippen LogP contribution in [-0.4, -0.2) is 19.2 Å². The lowest BCUT2D eigenvalue weighted by Gasteiger charge is -1.87. The molecule has 0 aromatic carbocycles. The van der Waals surface area contributed by atoms with E-state index >= 15 is 0 Å². The molecular formula is C11H26N2O. The number of hydrogen-bond acceptors (Lipinski definition) is 2. The average Bonchev–Trinajstić information content (AvgIpc) is 2.28. The minimum absolute atomic E-state index is 0.0926. The van der Waals surface area contributed by atoms with Gasteiger partial charge in [-0.25, -0.2) is 0 Å². The predicted molar refractivity (Wildman–Crippen MR) is 64.0 cm³/mol. The summed E-state index contributed by atoms with van der Waals surface area (Å²) >= 11 is 0. The topological polar surface area (TPSA) is 53.0 Å². The number of rotatable bonds is 4. The van der Waals surface area contributed by atoms with Crippen molar-refractivity contribution in [1.29, 1.82) is 5.41 Å². The highest BCUT2D eigenvalue weighted by atomic mass is 16.1. The molecule has 0 atom stereocenters. The van der Waals surface area contributed by atoms with Gasteiger partial charge in [0, 0.05) is 13.5 Å². The average molecular weight is 202 g/mol. The van der Waals surface area contributed by atoms with Crippen molar-refractivity contribution < 1.29 is 4.79 Å². The van der Waals surface area contributed by atoms with Crippen LogP contribution < -0.4 is 5.32 Å². The van der Waals surface area contributed by atoms with Gasteiger partial charge in [0.05, 0.1) is 0 Å². The van der Waals surface area contributed by atoms with Gasteiger partial charge in [-0.3, -0.25) is 4.79 Å². The second-order valence-corrected chi connectivity index (χ2v) is 2.37. The molecular weight excluding hydrogens is 176 g/mol. The minimum atomic E-state index is 0.0926. The Hall–Kier alpha value is -0.860. The van der Waals surface area contributed by atoms with E-state index in [9.17, 15) is 4.79 Å². The first kappa shape index (κ1) is 18.8. The number of unbranched alkanes of at least 4 members (excludes halogenated alkanes) is 2. The largest absolute Gasteiger partial charge is 0.359 e. The number of carbonyl (C=O) groups is 1. The molecule has 0 aliphatic carbocycles. The van der Waals surface area contributed by atoms with Gasteiger partial charge in [-0.1, -0.05) is 34.1 Å². The van der Waals surface area contributed by atoms with Crippen molar-refractivity contribution in [3.8, 4) is 0 Å². The van der Waals surface area contributed by atoms with Crippen molar-refractivity contribution in [2.24, 2.45) is 0 Å². The highest BCUT2D eigenvalue weighted by Gasteiger charge is 1.84.